The largest absolute Gasteiger partial charge is 0.346 e. The van der Waals surface area contributed by atoms with Crippen LogP contribution >= 0.6 is 0 Å². The third-order valence-corrected chi connectivity index (χ3v) is 2.40. The monoisotopic (exact) mass is 202 g/mol. The van der Waals surface area contributed by atoms with E-state index in [2.05, 4.69) is 43.0 Å². The van der Waals surface area contributed by atoms with Crippen molar-refractivity contribution in [3.05, 3.63) is 42.4 Å². The van der Waals surface area contributed by atoms with E-state index in [-0.39, 0.29) is 5.41 Å². The van der Waals surface area contributed by atoms with Gasteiger partial charge in [0.1, 0.15) is 12.4 Å². The molecule has 2 rings (SSSR count). The van der Waals surface area contributed by atoms with E-state index in [4.69, 9.17) is 0 Å². The van der Waals surface area contributed by atoms with Gasteiger partial charge >= 0.3 is 5.82 Å². The molecule has 0 radical (unpaired) electrons. The first-order valence-electron chi connectivity index (χ1n) is 5.09. The minimum Gasteiger partial charge on any atom is -0.231 e. The maximum atomic E-state index is 4.33. The van der Waals surface area contributed by atoms with Crippen LogP contribution in [0.4, 0.5) is 0 Å². The summed E-state index contributed by atoms with van der Waals surface area (Å²) in [5.41, 5.74) is 1.44. The summed E-state index contributed by atoms with van der Waals surface area (Å²) in [4.78, 5) is 4.33. The van der Waals surface area contributed by atoms with Crippen LogP contribution in [-0.2, 0) is 5.41 Å². The quantitative estimate of drug-likeness (QED) is 0.705. The van der Waals surface area contributed by atoms with Crippen LogP contribution in [0.3, 0.4) is 0 Å². The highest BCUT2D eigenvalue weighted by atomic mass is 15.3. The Kier molecular flexibility index (Phi) is 2.31. The molecule has 2 aromatic heterocycles. The van der Waals surface area contributed by atoms with Crippen molar-refractivity contribution in [2.24, 2.45) is 0 Å². The van der Waals surface area contributed by atoms with Crippen LogP contribution < -0.4 is 4.68 Å². The molecule has 1 N–H and O–H groups in total. The third kappa shape index (κ3) is 2.06. The topological polar surface area (TPSA) is 32.6 Å². The normalized spacial score (nSPS) is 11.7. The SMILES string of the molecule is CC(C)(C)c1ccnc(-[n+]2ccc[nH]2)c1. The molecule has 0 aromatic carbocycles. The zero-order chi connectivity index (χ0) is 10.9. The van der Waals surface area contributed by atoms with Crippen LogP contribution in [0.25, 0.3) is 5.82 Å². The van der Waals surface area contributed by atoms with Crippen molar-refractivity contribution < 1.29 is 4.68 Å². The Morgan fingerprint density at radius 3 is 2.73 bits per heavy atom. The van der Waals surface area contributed by atoms with Crippen molar-refractivity contribution in [3.8, 4) is 5.82 Å². The maximum Gasteiger partial charge on any atom is 0.346 e. The second kappa shape index (κ2) is 3.50. The summed E-state index contributed by atoms with van der Waals surface area (Å²) in [6, 6.07) is 6.12. The van der Waals surface area contributed by atoms with Gasteiger partial charge in [0, 0.05) is 12.3 Å². The number of aromatic amines is 1. The number of nitrogens with one attached hydrogen (secondary N) is 1. The zero-order valence-corrected chi connectivity index (χ0v) is 9.36. The summed E-state index contributed by atoms with van der Waals surface area (Å²) >= 11 is 0. The van der Waals surface area contributed by atoms with Gasteiger partial charge in [-0.2, -0.15) is 0 Å². The molecule has 0 amide bonds. The Hall–Kier alpha value is -1.64. The lowest BCUT2D eigenvalue weighted by Gasteiger charge is -2.17. The molecule has 0 fully saturated rings. The molecule has 0 aliphatic rings. The zero-order valence-electron chi connectivity index (χ0n) is 9.36. The second-order valence-corrected chi connectivity index (χ2v) is 4.66. The van der Waals surface area contributed by atoms with Crippen LogP contribution in [0, 0.1) is 0 Å². The van der Waals surface area contributed by atoms with Crippen LogP contribution in [0.15, 0.2) is 36.8 Å². The number of nitrogens with zero attached hydrogens (tertiary/aromatic N) is 2. The van der Waals surface area contributed by atoms with Crippen LogP contribution in [0.2, 0.25) is 0 Å². The molecular formula is C12H16N3+. The highest BCUT2D eigenvalue weighted by molar-refractivity contribution is 5.26. The number of hydrogen-bond donors (Lipinski definition) is 1. The van der Waals surface area contributed by atoms with E-state index in [0.717, 1.165) is 5.82 Å². The molecule has 3 heteroatoms. The lowest BCUT2D eigenvalue weighted by atomic mass is 9.88. The first kappa shape index (κ1) is 9.90. The van der Waals surface area contributed by atoms with Crippen molar-refractivity contribution in [1.29, 1.82) is 0 Å². The van der Waals surface area contributed by atoms with E-state index < -0.39 is 0 Å². The van der Waals surface area contributed by atoms with E-state index in [1.807, 2.05) is 29.3 Å². The van der Waals surface area contributed by atoms with E-state index >= 15 is 0 Å². The van der Waals surface area contributed by atoms with Gasteiger partial charge in [-0.3, -0.25) is 0 Å². The molecule has 2 heterocycles. The molecule has 0 atom stereocenters. The fourth-order valence-corrected chi connectivity index (χ4v) is 1.45. The van der Waals surface area contributed by atoms with E-state index in [9.17, 15) is 0 Å². The van der Waals surface area contributed by atoms with Gasteiger partial charge in [0.15, 0.2) is 0 Å². The molecule has 0 saturated carbocycles. The highest BCUT2D eigenvalue weighted by Gasteiger charge is 2.17. The van der Waals surface area contributed by atoms with E-state index in [1.165, 1.54) is 5.56 Å². The average molecular weight is 202 g/mol. The summed E-state index contributed by atoms with van der Waals surface area (Å²) in [6.07, 6.45) is 5.68. The predicted octanol–water partition coefficient (Wildman–Crippen LogP) is 1.98. The van der Waals surface area contributed by atoms with Gasteiger partial charge in [0.25, 0.3) is 0 Å². The molecule has 0 bridgehead atoms. The summed E-state index contributed by atoms with van der Waals surface area (Å²) in [5.74, 6) is 0.924. The van der Waals surface area contributed by atoms with Crippen molar-refractivity contribution in [2.75, 3.05) is 0 Å². The molecule has 0 aliphatic heterocycles. The molecule has 0 unspecified atom stereocenters. The Bertz CT molecular complexity index is 438. The molecule has 0 aliphatic carbocycles. The van der Waals surface area contributed by atoms with Crippen molar-refractivity contribution in [3.63, 3.8) is 0 Å². The minimum atomic E-state index is 0.158. The Labute approximate surface area is 89.8 Å². The smallest absolute Gasteiger partial charge is 0.231 e. The average Bonchev–Trinajstić information content (AvgIpc) is 2.69. The van der Waals surface area contributed by atoms with E-state index in [0.29, 0.717) is 0 Å². The number of aromatic nitrogens is 3. The Morgan fingerprint density at radius 2 is 2.13 bits per heavy atom. The van der Waals surface area contributed by atoms with E-state index in [1.54, 1.807) is 0 Å². The Morgan fingerprint density at radius 1 is 1.33 bits per heavy atom. The van der Waals surface area contributed by atoms with Crippen LogP contribution in [-0.4, -0.2) is 10.1 Å². The van der Waals surface area contributed by atoms with Crippen molar-refractivity contribution in [2.45, 2.75) is 26.2 Å². The van der Waals surface area contributed by atoms with Gasteiger partial charge in [-0.25, -0.2) is 5.10 Å². The Balaban J connectivity index is 2.44. The predicted molar refractivity (Wildman–Crippen MR) is 58.8 cm³/mol. The van der Waals surface area contributed by atoms with Crippen molar-refractivity contribution >= 4 is 0 Å². The lowest BCUT2D eigenvalue weighted by molar-refractivity contribution is -0.658. The maximum absolute atomic E-state index is 4.33. The van der Waals surface area contributed by atoms with Crippen LogP contribution in [0.5, 0.6) is 0 Å². The second-order valence-electron chi connectivity index (χ2n) is 4.66. The molecule has 2 aromatic rings. The molecule has 0 spiro atoms. The summed E-state index contributed by atoms with van der Waals surface area (Å²) in [5, 5.41) is 3.09. The number of hydrogen-bond acceptors (Lipinski definition) is 1. The fourth-order valence-electron chi connectivity index (χ4n) is 1.45. The highest BCUT2D eigenvalue weighted by Crippen LogP contribution is 2.21. The number of H-pyrrole nitrogens is 1. The van der Waals surface area contributed by atoms with Crippen LogP contribution in [0.1, 0.15) is 26.3 Å². The van der Waals surface area contributed by atoms with Crippen molar-refractivity contribution in [1.82, 2.24) is 10.1 Å². The molecule has 78 valence electrons. The standard InChI is InChI=1S/C12H15N3/c1-12(2,3)10-5-7-13-11(9-10)15-8-4-6-14-15/h4-9H,1-3H3/p+1. The first-order valence-corrected chi connectivity index (χ1v) is 5.09. The summed E-state index contributed by atoms with van der Waals surface area (Å²) in [7, 11) is 0. The number of rotatable bonds is 1. The third-order valence-electron chi connectivity index (χ3n) is 2.40. The van der Waals surface area contributed by atoms with Gasteiger partial charge < -0.3 is 0 Å². The molecule has 15 heavy (non-hydrogen) atoms. The van der Waals surface area contributed by atoms with Gasteiger partial charge in [0.2, 0.25) is 0 Å². The van der Waals surface area contributed by atoms with Gasteiger partial charge in [-0.1, -0.05) is 20.8 Å². The van der Waals surface area contributed by atoms with Gasteiger partial charge in [-0.05, 0) is 28.1 Å². The molecule has 0 saturated heterocycles. The van der Waals surface area contributed by atoms with Gasteiger partial charge in [0.05, 0.1) is 0 Å². The lowest BCUT2D eigenvalue weighted by Crippen LogP contribution is -2.33. The first-order chi connectivity index (χ1) is 7.07. The minimum absolute atomic E-state index is 0.158. The molecule has 3 nitrogen and oxygen atoms in total. The van der Waals surface area contributed by atoms with Gasteiger partial charge in [-0.15, -0.1) is 4.68 Å². The fraction of sp³-hybridized carbons (Fsp3) is 0.333. The molecular weight excluding hydrogens is 186 g/mol. The number of pyridine rings is 1. The summed E-state index contributed by atoms with van der Waals surface area (Å²) < 4.78 is 1.90. The summed E-state index contributed by atoms with van der Waals surface area (Å²) in [6.45, 7) is 6.60.